The summed E-state index contributed by atoms with van der Waals surface area (Å²) in [6, 6.07) is -1.49. The van der Waals surface area contributed by atoms with Gasteiger partial charge in [0.15, 0.2) is 0 Å². The first-order valence-corrected chi connectivity index (χ1v) is 5.88. The summed E-state index contributed by atoms with van der Waals surface area (Å²) in [7, 11) is 0.916. The number of halogens is 7. The second kappa shape index (κ2) is 4.51. The second-order valence-electron chi connectivity index (χ2n) is 4.76. The van der Waals surface area contributed by atoms with Crippen LogP contribution in [0.1, 0.15) is 12.8 Å². The monoisotopic (exact) mass is 321 g/mol. The minimum absolute atomic E-state index is 0.0732. The highest BCUT2D eigenvalue weighted by Crippen LogP contribution is 2.60. The fourth-order valence-electron chi connectivity index (χ4n) is 2.49. The summed E-state index contributed by atoms with van der Waals surface area (Å²) < 4.78 is 97.5. The number of esters is 1. The molecule has 1 atom stereocenters. The van der Waals surface area contributed by atoms with Gasteiger partial charge in [0.1, 0.15) is 11.7 Å². The van der Waals surface area contributed by atoms with Crippen molar-refractivity contribution in [3.8, 4) is 0 Å². The molecule has 0 aromatic heterocycles. The average molecular weight is 321 g/mol. The zero-order valence-corrected chi connectivity index (χ0v) is 10.6. The first kappa shape index (κ1) is 15.9. The molecule has 0 radical (unpaired) electrons. The zero-order valence-electron chi connectivity index (χ0n) is 10.6. The standard InChI is InChI=1S/C11H10F7NO2/c1-21-8(20)5-3-2-4-19(5)7-6(12)9(13,14)11(17,18)10(7,15)16/h5H,2-4H2,1H3. The van der Waals surface area contributed by atoms with Crippen molar-refractivity contribution in [2.75, 3.05) is 13.7 Å². The lowest BCUT2D eigenvalue weighted by atomic mass is 10.1. The molecule has 1 unspecified atom stereocenters. The van der Waals surface area contributed by atoms with E-state index < -0.39 is 47.8 Å². The molecule has 0 N–H and O–H groups in total. The molecule has 3 nitrogen and oxygen atoms in total. The van der Waals surface area contributed by atoms with Crippen molar-refractivity contribution in [1.29, 1.82) is 0 Å². The van der Waals surface area contributed by atoms with Crippen LogP contribution in [-0.4, -0.2) is 48.3 Å². The van der Waals surface area contributed by atoms with Crippen molar-refractivity contribution < 1.29 is 40.3 Å². The van der Waals surface area contributed by atoms with Crippen molar-refractivity contribution in [3.05, 3.63) is 11.5 Å². The molecule has 2 aliphatic rings. The lowest BCUT2D eigenvalue weighted by Crippen LogP contribution is -2.51. The Morgan fingerprint density at radius 3 is 2.19 bits per heavy atom. The fourth-order valence-corrected chi connectivity index (χ4v) is 2.49. The largest absolute Gasteiger partial charge is 0.467 e. The molecule has 1 saturated heterocycles. The molecule has 1 aliphatic carbocycles. The van der Waals surface area contributed by atoms with Gasteiger partial charge in [-0.05, 0) is 12.8 Å². The molecule has 10 heteroatoms. The molecular weight excluding hydrogens is 311 g/mol. The lowest BCUT2D eigenvalue weighted by Gasteiger charge is -2.30. The number of nitrogens with zero attached hydrogens (tertiary/aromatic N) is 1. The van der Waals surface area contributed by atoms with E-state index in [4.69, 9.17) is 0 Å². The normalized spacial score (nSPS) is 29.9. The lowest BCUT2D eigenvalue weighted by molar-refractivity contribution is -0.271. The highest BCUT2D eigenvalue weighted by atomic mass is 19.3. The minimum atomic E-state index is -5.90. The molecule has 21 heavy (non-hydrogen) atoms. The van der Waals surface area contributed by atoms with Crippen LogP contribution in [0.15, 0.2) is 11.5 Å². The fraction of sp³-hybridized carbons (Fsp3) is 0.727. The summed E-state index contributed by atoms with van der Waals surface area (Å²) in [5.41, 5.74) is -2.13. The molecule has 2 rings (SSSR count). The summed E-state index contributed by atoms with van der Waals surface area (Å²) in [4.78, 5) is 11.6. The number of ether oxygens (including phenoxy) is 1. The van der Waals surface area contributed by atoms with Gasteiger partial charge >= 0.3 is 23.7 Å². The van der Waals surface area contributed by atoms with Gasteiger partial charge in [0.25, 0.3) is 0 Å². The molecule has 0 amide bonds. The van der Waals surface area contributed by atoms with E-state index in [2.05, 4.69) is 4.74 Å². The third-order valence-electron chi connectivity index (χ3n) is 3.58. The summed E-state index contributed by atoms with van der Waals surface area (Å²) in [6.45, 7) is -0.426. The summed E-state index contributed by atoms with van der Waals surface area (Å²) in [5, 5.41) is 0. The van der Waals surface area contributed by atoms with Crippen molar-refractivity contribution >= 4 is 5.97 Å². The van der Waals surface area contributed by atoms with E-state index in [0.717, 1.165) is 7.11 Å². The summed E-state index contributed by atoms with van der Waals surface area (Å²) in [6.07, 6.45) is -0.0134. The van der Waals surface area contributed by atoms with Gasteiger partial charge in [-0.2, -0.15) is 26.3 Å². The molecule has 0 bridgehead atoms. The van der Waals surface area contributed by atoms with Gasteiger partial charge in [-0.15, -0.1) is 0 Å². The number of carbonyl (C=O) groups is 1. The van der Waals surface area contributed by atoms with Crippen molar-refractivity contribution in [3.63, 3.8) is 0 Å². The van der Waals surface area contributed by atoms with Crippen molar-refractivity contribution in [1.82, 2.24) is 4.90 Å². The van der Waals surface area contributed by atoms with E-state index >= 15 is 0 Å². The molecular formula is C11H10F7NO2. The van der Waals surface area contributed by atoms with E-state index in [1.54, 1.807) is 0 Å². The number of likely N-dealkylation sites (tertiary alicyclic amines) is 1. The Morgan fingerprint density at radius 2 is 1.76 bits per heavy atom. The predicted molar refractivity (Wildman–Crippen MR) is 54.7 cm³/mol. The first-order chi connectivity index (χ1) is 9.50. The first-order valence-electron chi connectivity index (χ1n) is 5.88. The van der Waals surface area contributed by atoms with Crippen LogP contribution in [0.2, 0.25) is 0 Å². The van der Waals surface area contributed by atoms with Crippen LogP contribution < -0.4 is 0 Å². The van der Waals surface area contributed by atoms with Crippen LogP contribution in [0.4, 0.5) is 30.7 Å². The number of allylic oxidation sites excluding steroid dienone is 2. The Morgan fingerprint density at radius 1 is 1.19 bits per heavy atom. The van der Waals surface area contributed by atoms with Gasteiger partial charge in [-0.25, -0.2) is 9.18 Å². The maximum absolute atomic E-state index is 13.6. The van der Waals surface area contributed by atoms with Crippen LogP contribution in [0.5, 0.6) is 0 Å². The Kier molecular flexibility index (Phi) is 3.41. The number of alkyl halides is 6. The number of rotatable bonds is 2. The molecule has 0 saturated carbocycles. The number of carbonyl (C=O) groups excluding carboxylic acids is 1. The number of hydrogen-bond donors (Lipinski definition) is 0. The van der Waals surface area contributed by atoms with E-state index in [1.807, 2.05) is 0 Å². The average Bonchev–Trinajstić information content (AvgIpc) is 2.88. The highest BCUT2D eigenvalue weighted by molar-refractivity contribution is 5.76. The molecule has 120 valence electrons. The minimum Gasteiger partial charge on any atom is -0.467 e. The molecule has 1 aliphatic heterocycles. The topological polar surface area (TPSA) is 29.5 Å². The van der Waals surface area contributed by atoms with Crippen LogP contribution in [0.25, 0.3) is 0 Å². The quantitative estimate of drug-likeness (QED) is 0.579. The molecule has 0 spiro atoms. The van der Waals surface area contributed by atoms with Gasteiger partial charge in [0, 0.05) is 6.54 Å². The Labute approximate surface area is 114 Å². The van der Waals surface area contributed by atoms with E-state index in [0.29, 0.717) is 0 Å². The zero-order chi connectivity index (χ0) is 16.2. The second-order valence-corrected chi connectivity index (χ2v) is 4.76. The SMILES string of the molecule is COC(=O)C1CCCN1C1=C(F)C(F)(F)C(F)(F)C1(F)F. The van der Waals surface area contributed by atoms with Gasteiger partial charge in [0.2, 0.25) is 5.83 Å². The van der Waals surface area contributed by atoms with Crippen LogP contribution >= 0.6 is 0 Å². The van der Waals surface area contributed by atoms with Gasteiger partial charge < -0.3 is 9.64 Å². The van der Waals surface area contributed by atoms with Gasteiger partial charge in [-0.3, -0.25) is 0 Å². The van der Waals surface area contributed by atoms with Gasteiger partial charge in [0.05, 0.1) is 7.11 Å². The van der Waals surface area contributed by atoms with Gasteiger partial charge in [-0.1, -0.05) is 0 Å². The van der Waals surface area contributed by atoms with Crippen LogP contribution in [0, 0.1) is 0 Å². The summed E-state index contributed by atoms with van der Waals surface area (Å²) in [5.74, 6) is -20.9. The molecule has 1 fully saturated rings. The third-order valence-corrected chi connectivity index (χ3v) is 3.58. The number of methoxy groups -OCH3 is 1. The highest BCUT2D eigenvalue weighted by Gasteiger charge is 2.82. The molecule has 0 aromatic rings. The molecule has 0 aromatic carbocycles. The smallest absolute Gasteiger partial charge is 0.384 e. The maximum Gasteiger partial charge on any atom is 0.384 e. The predicted octanol–water partition coefficient (Wildman–Crippen LogP) is 2.72. The van der Waals surface area contributed by atoms with Crippen molar-refractivity contribution in [2.45, 2.75) is 36.7 Å². The summed E-state index contributed by atoms with van der Waals surface area (Å²) >= 11 is 0. The van der Waals surface area contributed by atoms with E-state index in [-0.39, 0.29) is 17.7 Å². The Bertz CT molecular complexity index is 503. The Balaban J connectivity index is 2.52. The van der Waals surface area contributed by atoms with E-state index in [9.17, 15) is 35.5 Å². The number of hydrogen-bond acceptors (Lipinski definition) is 3. The third kappa shape index (κ3) is 1.83. The van der Waals surface area contributed by atoms with Crippen molar-refractivity contribution in [2.24, 2.45) is 0 Å². The van der Waals surface area contributed by atoms with E-state index in [1.165, 1.54) is 0 Å². The van der Waals surface area contributed by atoms with Crippen LogP contribution in [-0.2, 0) is 9.53 Å². The Hall–Kier alpha value is -1.48. The maximum atomic E-state index is 13.6. The van der Waals surface area contributed by atoms with Crippen LogP contribution in [0.3, 0.4) is 0 Å². The molecule has 1 heterocycles.